The third-order valence-corrected chi connectivity index (χ3v) is 3.40. The van der Waals surface area contributed by atoms with E-state index in [9.17, 15) is 17.6 Å². The Morgan fingerprint density at radius 3 is 2.24 bits per heavy atom. The van der Waals surface area contributed by atoms with Gasteiger partial charge in [-0.2, -0.15) is 0 Å². The number of nitrogens with two attached hydrogens (primary N) is 1. The quantitative estimate of drug-likeness (QED) is 0.584. The highest BCUT2D eigenvalue weighted by Gasteiger charge is 2.14. The Labute approximate surface area is 148 Å². The molecule has 0 heterocycles. The minimum absolute atomic E-state index is 0.00472. The van der Waals surface area contributed by atoms with Crippen LogP contribution in [0.1, 0.15) is 33.6 Å². The summed E-state index contributed by atoms with van der Waals surface area (Å²) in [6.07, 6.45) is 2.83. The van der Waals surface area contributed by atoms with E-state index in [1.165, 1.54) is 24.3 Å². The first-order valence-electron chi connectivity index (χ1n) is 7.64. The van der Waals surface area contributed by atoms with Gasteiger partial charge in [-0.15, -0.1) is 6.58 Å². The molecule has 0 amide bonds. The second-order valence-corrected chi connectivity index (χ2v) is 7.53. The lowest BCUT2D eigenvalue weighted by Gasteiger charge is -2.19. The van der Waals surface area contributed by atoms with E-state index in [1.807, 2.05) is 20.8 Å². The molecule has 0 atom stereocenters. The summed E-state index contributed by atoms with van der Waals surface area (Å²) in [6.45, 7) is 8.47. The third-order valence-electron chi connectivity index (χ3n) is 2.47. The van der Waals surface area contributed by atoms with Gasteiger partial charge in [0.25, 0.3) is 0 Å². The van der Waals surface area contributed by atoms with Crippen LogP contribution in [-0.2, 0) is 19.6 Å². The van der Waals surface area contributed by atoms with Crippen molar-refractivity contribution in [1.29, 1.82) is 0 Å². The van der Waals surface area contributed by atoms with Gasteiger partial charge in [0.2, 0.25) is 10.0 Å². The van der Waals surface area contributed by atoms with Gasteiger partial charge in [0.05, 0.1) is 4.90 Å². The standard InChI is InChI=1S/C9H16O2.C8H10FNO3S/c1-5-6-7-8(10)11-9(2,3)4;9-5-6-13-7-1-3-8(4-2-7)14(10,11)12/h5H,1,6-7H2,2-4H3;1-4H,5-6H2,(H2,10,11,12). The van der Waals surface area contributed by atoms with Gasteiger partial charge in [0.15, 0.2) is 0 Å². The number of sulfonamides is 1. The molecule has 0 radical (unpaired) electrons. The minimum atomic E-state index is -3.67. The van der Waals surface area contributed by atoms with E-state index < -0.39 is 16.7 Å². The first-order valence-corrected chi connectivity index (χ1v) is 9.18. The Bertz CT molecular complexity index is 636. The number of hydrogen-bond donors (Lipinski definition) is 1. The Morgan fingerprint density at radius 1 is 1.28 bits per heavy atom. The third kappa shape index (κ3) is 12.1. The average Bonchev–Trinajstić information content (AvgIpc) is 2.49. The lowest BCUT2D eigenvalue weighted by Crippen LogP contribution is -2.23. The molecule has 25 heavy (non-hydrogen) atoms. The molecular formula is C17H26FNO5S. The van der Waals surface area contributed by atoms with Crippen molar-refractivity contribution in [3.05, 3.63) is 36.9 Å². The highest BCUT2D eigenvalue weighted by atomic mass is 32.2. The highest BCUT2D eigenvalue weighted by molar-refractivity contribution is 7.89. The van der Waals surface area contributed by atoms with E-state index in [2.05, 4.69) is 6.58 Å². The SMILES string of the molecule is C=CCCC(=O)OC(C)(C)C.NS(=O)(=O)c1ccc(OCCF)cc1. The van der Waals surface area contributed by atoms with E-state index >= 15 is 0 Å². The number of hydrogen-bond acceptors (Lipinski definition) is 5. The Balaban J connectivity index is 0.000000477. The number of carbonyl (C=O) groups excluding carboxylic acids is 1. The van der Waals surface area contributed by atoms with E-state index in [0.29, 0.717) is 18.6 Å². The van der Waals surface area contributed by atoms with Crippen LogP contribution in [-0.4, -0.2) is 33.3 Å². The number of rotatable bonds is 7. The van der Waals surface area contributed by atoms with Crippen LogP contribution in [0.4, 0.5) is 4.39 Å². The molecule has 6 nitrogen and oxygen atoms in total. The Morgan fingerprint density at radius 2 is 1.84 bits per heavy atom. The number of benzene rings is 1. The summed E-state index contributed by atoms with van der Waals surface area (Å²) in [5.74, 6) is 0.257. The van der Waals surface area contributed by atoms with Gasteiger partial charge >= 0.3 is 5.97 Å². The molecule has 1 aromatic carbocycles. The maximum atomic E-state index is 11.7. The van der Waals surface area contributed by atoms with Crippen molar-refractivity contribution >= 4 is 16.0 Å². The van der Waals surface area contributed by atoms with Crippen molar-refractivity contribution in [3.8, 4) is 5.75 Å². The van der Waals surface area contributed by atoms with Crippen LogP contribution < -0.4 is 9.88 Å². The van der Waals surface area contributed by atoms with Crippen LogP contribution in [0.25, 0.3) is 0 Å². The molecule has 0 fully saturated rings. The number of primary sulfonamides is 1. The first kappa shape index (κ1) is 23.1. The second kappa shape index (κ2) is 10.8. The monoisotopic (exact) mass is 375 g/mol. The fraction of sp³-hybridized carbons (Fsp3) is 0.471. The minimum Gasteiger partial charge on any atom is -0.491 e. The second-order valence-electron chi connectivity index (χ2n) is 5.97. The maximum Gasteiger partial charge on any atom is 0.306 e. The van der Waals surface area contributed by atoms with E-state index in [0.717, 1.165) is 0 Å². The number of alkyl halides is 1. The topological polar surface area (TPSA) is 95.7 Å². The summed E-state index contributed by atoms with van der Waals surface area (Å²) in [4.78, 5) is 11.0. The van der Waals surface area contributed by atoms with Gasteiger partial charge in [0, 0.05) is 6.42 Å². The van der Waals surface area contributed by atoms with Crippen LogP contribution in [0, 0.1) is 0 Å². The molecule has 0 aliphatic rings. The smallest absolute Gasteiger partial charge is 0.306 e. The fourth-order valence-corrected chi connectivity index (χ4v) is 2.01. The molecule has 8 heteroatoms. The van der Waals surface area contributed by atoms with Gasteiger partial charge in [-0.05, 0) is 51.5 Å². The lowest BCUT2D eigenvalue weighted by atomic mass is 10.2. The van der Waals surface area contributed by atoms with Gasteiger partial charge in [-0.3, -0.25) is 4.79 Å². The molecule has 0 bridgehead atoms. The predicted octanol–water partition coefficient (Wildman–Crippen LogP) is 2.98. The van der Waals surface area contributed by atoms with Crippen molar-refractivity contribution in [1.82, 2.24) is 0 Å². The summed E-state index contributed by atoms with van der Waals surface area (Å²) in [7, 11) is -3.67. The Hall–Kier alpha value is -1.93. The van der Waals surface area contributed by atoms with Crippen molar-refractivity contribution in [2.75, 3.05) is 13.3 Å². The zero-order valence-electron chi connectivity index (χ0n) is 14.8. The maximum absolute atomic E-state index is 11.7. The van der Waals surface area contributed by atoms with Crippen LogP contribution in [0.15, 0.2) is 41.8 Å². The first-order chi connectivity index (χ1) is 11.5. The van der Waals surface area contributed by atoms with E-state index in [-0.39, 0.29) is 23.1 Å². The molecule has 0 spiro atoms. The molecular weight excluding hydrogens is 349 g/mol. The summed E-state index contributed by atoms with van der Waals surface area (Å²) in [5, 5.41) is 4.88. The number of halogens is 1. The summed E-state index contributed by atoms with van der Waals surface area (Å²) in [5.41, 5.74) is -0.363. The molecule has 0 saturated carbocycles. The zero-order chi connectivity index (χ0) is 19.5. The summed E-state index contributed by atoms with van der Waals surface area (Å²) < 4.78 is 43.3. The van der Waals surface area contributed by atoms with Crippen molar-refractivity contribution in [2.45, 2.75) is 44.1 Å². The fourth-order valence-electron chi connectivity index (χ4n) is 1.49. The molecule has 2 N–H and O–H groups in total. The lowest BCUT2D eigenvalue weighted by molar-refractivity contribution is -0.154. The number of esters is 1. The summed E-state index contributed by atoms with van der Waals surface area (Å²) in [6, 6.07) is 5.47. The zero-order valence-corrected chi connectivity index (χ0v) is 15.6. The summed E-state index contributed by atoms with van der Waals surface area (Å²) >= 11 is 0. The highest BCUT2D eigenvalue weighted by Crippen LogP contribution is 2.14. The molecule has 0 aliphatic heterocycles. The molecule has 0 aliphatic carbocycles. The van der Waals surface area contributed by atoms with E-state index in [4.69, 9.17) is 14.6 Å². The average molecular weight is 375 g/mol. The van der Waals surface area contributed by atoms with Gasteiger partial charge in [-0.25, -0.2) is 17.9 Å². The molecule has 0 saturated heterocycles. The molecule has 1 aromatic rings. The van der Waals surface area contributed by atoms with E-state index in [1.54, 1.807) is 6.08 Å². The van der Waals surface area contributed by atoms with Crippen LogP contribution >= 0.6 is 0 Å². The molecule has 0 aromatic heterocycles. The van der Waals surface area contributed by atoms with Gasteiger partial charge in [0.1, 0.15) is 24.6 Å². The number of carbonyl (C=O) groups is 1. The largest absolute Gasteiger partial charge is 0.491 e. The molecule has 0 unspecified atom stereocenters. The number of allylic oxidation sites excluding steroid dienone is 1. The van der Waals surface area contributed by atoms with Crippen LogP contribution in [0.3, 0.4) is 0 Å². The van der Waals surface area contributed by atoms with Crippen molar-refractivity contribution in [3.63, 3.8) is 0 Å². The van der Waals surface area contributed by atoms with Crippen molar-refractivity contribution < 1.29 is 27.1 Å². The Kier molecular flexibility index (Phi) is 10.00. The van der Waals surface area contributed by atoms with Crippen LogP contribution in [0.5, 0.6) is 5.75 Å². The predicted molar refractivity (Wildman–Crippen MR) is 94.6 cm³/mol. The van der Waals surface area contributed by atoms with Gasteiger partial charge < -0.3 is 9.47 Å². The normalized spacial score (nSPS) is 11.1. The molecule has 142 valence electrons. The van der Waals surface area contributed by atoms with Crippen molar-refractivity contribution in [2.24, 2.45) is 5.14 Å². The molecule has 1 rings (SSSR count). The van der Waals surface area contributed by atoms with Crippen LogP contribution in [0.2, 0.25) is 0 Å². The number of ether oxygens (including phenoxy) is 2. The van der Waals surface area contributed by atoms with Gasteiger partial charge in [-0.1, -0.05) is 6.08 Å².